The molecule has 0 amide bonds. The van der Waals surface area contributed by atoms with Crippen LogP contribution in [-0.2, 0) is 16.1 Å². The molecule has 0 unspecified atom stereocenters. The fourth-order valence-electron chi connectivity index (χ4n) is 5.72. The van der Waals surface area contributed by atoms with Gasteiger partial charge in [0.15, 0.2) is 4.80 Å². The third-order valence-corrected chi connectivity index (χ3v) is 8.85. The number of fused-ring (bicyclic) bond motifs is 1. The fourth-order valence-corrected chi connectivity index (χ4v) is 6.73. The molecule has 0 bridgehead atoms. The number of hydrogen-bond acceptors (Lipinski definition) is 6. The van der Waals surface area contributed by atoms with E-state index in [4.69, 9.17) is 14.5 Å². The predicted octanol–water partition coefficient (Wildman–Crippen LogP) is 5.78. The van der Waals surface area contributed by atoms with Crippen LogP contribution in [0.3, 0.4) is 0 Å². The number of carbonyl (C=O) groups is 1. The molecule has 7 nitrogen and oxygen atoms in total. The Kier molecular flexibility index (Phi) is 8.17. The van der Waals surface area contributed by atoms with Crippen LogP contribution in [0.4, 0.5) is 0 Å². The SMILES string of the molecule is CCC1=C(C(=O)OC)[C@@H](c2ccccc2)n2c(s/c(=C/c3cc(C)n(-c4ccc(OCc5ccccc5)cc4)c3C)c2=O)=N1. The Labute approximate surface area is 259 Å². The van der Waals surface area contributed by atoms with Gasteiger partial charge in [-0.05, 0) is 73.4 Å². The Morgan fingerprint density at radius 3 is 2.32 bits per heavy atom. The molecule has 0 N–H and O–H groups in total. The normalized spacial score (nSPS) is 14.7. The van der Waals surface area contributed by atoms with E-state index in [-0.39, 0.29) is 5.56 Å². The zero-order valence-electron chi connectivity index (χ0n) is 25.1. The van der Waals surface area contributed by atoms with Gasteiger partial charge in [0.25, 0.3) is 5.56 Å². The predicted molar refractivity (Wildman–Crippen MR) is 173 cm³/mol. The summed E-state index contributed by atoms with van der Waals surface area (Å²) in [6, 6.07) is 29.2. The number of benzene rings is 3. The van der Waals surface area contributed by atoms with E-state index >= 15 is 0 Å². The summed E-state index contributed by atoms with van der Waals surface area (Å²) in [5.74, 6) is 0.320. The van der Waals surface area contributed by atoms with E-state index in [1.807, 2.05) is 105 Å². The molecule has 2 aromatic heterocycles. The van der Waals surface area contributed by atoms with Crippen molar-refractivity contribution >= 4 is 23.4 Å². The lowest BCUT2D eigenvalue weighted by molar-refractivity contribution is -0.136. The summed E-state index contributed by atoms with van der Waals surface area (Å²) in [5, 5.41) is 0. The molecular weight excluding hydrogens is 570 g/mol. The number of hydrogen-bond donors (Lipinski definition) is 0. The van der Waals surface area contributed by atoms with E-state index in [9.17, 15) is 9.59 Å². The van der Waals surface area contributed by atoms with Crippen LogP contribution in [0.1, 0.15) is 47.5 Å². The molecule has 8 heteroatoms. The topological polar surface area (TPSA) is 74.8 Å². The highest BCUT2D eigenvalue weighted by Crippen LogP contribution is 2.32. The van der Waals surface area contributed by atoms with Crippen LogP contribution in [0.15, 0.2) is 112 Å². The zero-order valence-corrected chi connectivity index (χ0v) is 25.9. The van der Waals surface area contributed by atoms with Crippen LogP contribution < -0.4 is 19.6 Å². The van der Waals surface area contributed by atoms with Gasteiger partial charge in [0.2, 0.25) is 0 Å². The third-order valence-electron chi connectivity index (χ3n) is 7.87. The van der Waals surface area contributed by atoms with Crippen molar-refractivity contribution in [2.45, 2.75) is 39.8 Å². The summed E-state index contributed by atoms with van der Waals surface area (Å²) < 4.78 is 15.5. The molecule has 1 atom stereocenters. The van der Waals surface area contributed by atoms with Crippen molar-refractivity contribution in [2.24, 2.45) is 4.99 Å². The number of allylic oxidation sites excluding steroid dienone is 1. The van der Waals surface area contributed by atoms with Gasteiger partial charge in [-0.3, -0.25) is 9.36 Å². The van der Waals surface area contributed by atoms with Crippen LogP contribution in [0.25, 0.3) is 11.8 Å². The number of carbonyl (C=O) groups excluding carboxylic acids is 1. The second-order valence-electron chi connectivity index (χ2n) is 10.6. The minimum atomic E-state index is -0.618. The quantitative estimate of drug-likeness (QED) is 0.211. The number of ether oxygens (including phenoxy) is 2. The molecule has 0 saturated carbocycles. The molecule has 1 aliphatic heterocycles. The van der Waals surface area contributed by atoms with Gasteiger partial charge in [-0.1, -0.05) is 78.9 Å². The molecule has 0 saturated heterocycles. The fraction of sp³-hybridized carbons (Fsp3) is 0.194. The summed E-state index contributed by atoms with van der Waals surface area (Å²) in [6.45, 7) is 6.56. The molecular formula is C36H33N3O4S. The molecule has 0 aliphatic carbocycles. The number of methoxy groups -OCH3 is 1. The molecule has 222 valence electrons. The van der Waals surface area contributed by atoms with Crippen molar-refractivity contribution in [1.29, 1.82) is 0 Å². The van der Waals surface area contributed by atoms with Crippen LogP contribution in [-0.4, -0.2) is 22.2 Å². The lowest BCUT2D eigenvalue weighted by atomic mass is 9.95. The van der Waals surface area contributed by atoms with E-state index in [1.165, 1.54) is 18.4 Å². The van der Waals surface area contributed by atoms with E-state index in [2.05, 4.69) is 17.6 Å². The highest BCUT2D eigenvalue weighted by atomic mass is 32.1. The lowest BCUT2D eigenvalue weighted by Crippen LogP contribution is -2.40. The zero-order chi connectivity index (χ0) is 30.8. The highest BCUT2D eigenvalue weighted by Gasteiger charge is 2.33. The third kappa shape index (κ3) is 5.44. The molecule has 1 aliphatic rings. The Balaban J connectivity index is 1.37. The minimum Gasteiger partial charge on any atom is -0.489 e. The van der Waals surface area contributed by atoms with Crippen molar-refractivity contribution in [1.82, 2.24) is 9.13 Å². The summed E-state index contributed by atoms with van der Waals surface area (Å²) in [6.07, 6.45) is 2.46. The minimum absolute atomic E-state index is 0.191. The number of aryl methyl sites for hydroxylation is 1. The van der Waals surface area contributed by atoms with Crippen molar-refractivity contribution < 1.29 is 14.3 Å². The van der Waals surface area contributed by atoms with Gasteiger partial charge in [0.1, 0.15) is 12.4 Å². The number of nitrogens with zero attached hydrogens (tertiary/aromatic N) is 3. The Hall–Kier alpha value is -4.95. The lowest BCUT2D eigenvalue weighted by Gasteiger charge is -2.25. The first-order chi connectivity index (χ1) is 21.4. The van der Waals surface area contributed by atoms with E-state index in [0.717, 1.165) is 39.5 Å². The molecule has 3 heterocycles. The average molecular weight is 604 g/mol. The Bertz CT molecular complexity index is 2040. The standard InChI is InChI=1S/C36H33N3O4S/c1-5-30-32(35(41)42-4)33(26-14-10-7-11-15-26)39-34(40)31(44-36(39)37-30)21-27-20-23(2)38(24(27)3)28-16-18-29(19-17-28)43-22-25-12-8-6-9-13-25/h6-21,33H,5,22H2,1-4H3/b31-21+/t33-/m1/s1. The maximum atomic E-state index is 14.0. The van der Waals surface area contributed by atoms with Gasteiger partial charge in [0, 0.05) is 17.1 Å². The molecule has 0 fully saturated rings. The second kappa shape index (κ2) is 12.3. The van der Waals surface area contributed by atoms with E-state index in [1.54, 1.807) is 4.57 Å². The first-order valence-electron chi connectivity index (χ1n) is 14.5. The summed E-state index contributed by atoms with van der Waals surface area (Å²) >= 11 is 1.34. The van der Waals surface area contributed by atoms with Gasteiger partial charge >= 0.3 is 5.97 Å². The Morgan fingerprint density at radius 1 is 0.977 bits per heavy atom. The number of rotatable bonds is 8. The van der Waals surface area contributed by atoms with Gasteiger partial charge in [-0.15, -0.1) is 0 Å². The van der Waals surface area contributed by atoms with Crippen molar-refractivity contribution in [3.05, 3.63) is 150 Å². The molecule has 5 aromatic rings. The Morgan fingerprint density at radius 2 is 1.66 bits per heavy atom. The van der Waals surface area contributed by atoms with Crippen LogP contribution >= 0.6 is 11.3 Å². The first kappa shape index (κ1) is 29.1. The summed E-state index contributed by atoms with van der Waals surface area (Å²) in [5.41, 5.74) is 6.79. The van der Waals surface area contributed by atoms with E-state index in [0.29, 0.717) is 33.6 Å². The average Bonchev–Trinajstić information content (AvgIpc) is 3.52. The molecule has 0 spiro atoms. The smallest absolute Gasteiger partial charge is 0.338 e. The molecule has 44 heavy (non-hydrogen) atoms. The number of aromatic nitrogens is 2. The van der Waals surface area contributed by atoms with Crippen molar-refractivity contribution in [3.63, 3.8) is 0 Å². The summed E-state index contributed by atoms with van der Waals surface area (Å²) in [7, 11) is 1.36. The van der Waals surface area contributed by atoms with Crippen LogP contribution in [0.5, 0.6) is 5.75 Å². The molecule has 6 rings (SSSR count). The molecule has 0 radical (unpaired) electrons. The largest absolute Gasteiger partial charge is 0.489 e. The summed E-state index contributed by atoms with van der Waals surface area (Å²) in [4.78, 5) is 32.4. The molecule has 3 aromatic carbocycles. The second-order valence-corrected chi connectivity index (χ2v) is 11.6. The highest BCUT2D eigenvalue weighted by molar-refractivity contribution is 7.07. The number of thiazole rings is 1. The van der Waals surface area contributed by atoms with E-state index < -0.39 is 12.0 Å². The van der Waals surface area contributed by atoms with Gasteiger partial charge in [-0.2, -0.15) is 0 Å². The van der Waals surface area contributed by atoms with Gasteiger partial charge in [0.05, 0.1) is 29.0 Å². The maximum Gasteiger partial charge on any atom is 0.338 e. The van der Waals surface area contributed by atoms with Gasteiger partial charge in [-0.25, -0.2) is 9.79 Å². The van der Waals surface area contributed by atoms with Crippen LogP contribution in [0, 0.1) is 13.8 Å². The first-order valence-corrected chi connectivity index (χ1v) is 15.4. The monoisotopic (exact) mass is 603 g/mol. The number of esters is 1. The van der Waals surface area contributed by atoms with Crippen LogP contribution in [0.2, 0.25) is 0 Å². The van der Waals surface area contributed by atoms with Gasteiger partial charge < -0.3 is 14.0 Å². The van der Waals surface area contributed by atoms with Crippen molar-refractivity contribution in [2.75, 3.05) is 7.11 Å². The maximum absolute atomic E-state index is 14.0. The van der Waals surface area contributed by atoms with Crippen molar-refractivity contribution in [3.8, 4) is 11.4 Å².